The number of aromatic nitrogens is 2. The van der Waals surface area contributed by atoms with Gasteiger partial charge in [-0.3, -0.25) is 4.72 Å². The lowest BCUT2D eigenvalue weighted by molar-refractivity contribution is 0.385. The van der Waals surface area contributed by atoms with E-state index in [0.717, 1.165) is 6.07 Å². The van der Waals surface area contributed by atoms with Crippen LogP contribution in [0.2, 0.25) is 5.02 Å². The molecule has 0 amide bonds. The molecule has 0 fully saturated rings. The molecule has 0 saturated heterocycles. The van der Waals surface area contributed by atoms with Crippen LogP contribution in [0.25, 0.3) is 5.69 Å². The van der Waals surface area contributed by atoms with Crippen molar-refractivity contribution < 1.29 is 17.5 Å². The van der Waals surface area contributed by atoms with Crippen molar-refractivity contribution in [1.29, 1.82) is 0 Å². The molecule has 0 radical (unpaired) electrons. The van der Waals surface area contributed by atoms with E-state index in [9.17, 15) is 12.8 Å². The number of hydrogen-bond donors (Lipinski definition) is 1. The van der Waals surface area contributed by atoms with Crippen LogP contribution in [0.1, 0.15) is 0 Å². The number of methoxy groups -OCH3 is 1. The van der Waals surface area contributed by atoms with Gasteiger partial charge < -0.3 is 4.74 Å². The summed E-state index contributed by atoms with van der Waals surface area (Å²) >= 11 is 5.99. The summed E-state index contributed by atoms with van der Waals surface area (Å²) in [6, 6.07) is 9.72. The van der Waals surface area contributed by atoms with E-state index in [1.165, 1.54) is 30.0 Å². The zero-order valence-corrected chi connectivity index (χ0v) is 14.6. The molecule has 0 spiro atoms. The molecule has 0 atom stereocenters. The average molecular weight is 382 g/mol. The average Bonchev–Trinajstić information content (AvgIpc) is 3.10. The highest BCUT2D eigenvalue weighted by molar-refractivity contribution is 7.92. The van der Waals surface area contributed by atoms with Crippen LogP contribution in [0.5, 0.6) is 5.75 Å². The zero-order chi connectivity index (χ0) is 18.0. The number of rotatable bonds is 5. The zero-order valence-electron chi connectivity index (χ0n) is 13.0. The Kier molecular flexibility index (Phi) is 4.65. The summed E-state index contributed by atoms with van der Waals surface area (Å²) in [6.45, 7) is 0. The van der Waals surface area contributed by atoms with Gasteiger partial charge in [0.05, 0.1) is 23.4 Å². The minimum absolute atomic E-state index is 0.0392. The van der Waals surface area contributed by atoms with E-state index >= 15 is 0 Å². The van der Waals surface area contributed by atoms with Crippen molar-refractivity contribution >= 4 is 27.3 Å². The highest BCUT2D eigenvalue weighted by Gasteiger charge is 2.19. The second-order valence-corrected chi connectivity index (χ2v) is 7.13. The predicted octanol–water partition coefficient (Wildman–Crippen LogP) is 3.47. The molecule has 0 aliphatic carbocycles. The van der Waals surface area contributed by atoms with E-state index in [4.69, 9.17) is 16.3 Å². The monoisotopic (exact) mass is 381 g/mol. The quantitative estimate of drug-likeness (QED) is 0.734. The van der Waals surface area contributed by atoms with Gasteiger partial charge >= 0.3 is 0 Å². The summed E-state index contributed by atoms with van der Waals surface area (Å²) < 4.78 is 47.7. The van der Waals surface area contributed by atoms with Crippen molar-refractivity contribution in [3.63, 3.8) is 0 Å². The Morgan fingerprint density at radius 2 is 2.04 bits per heavy atom. The van der Waals surface area contributed by atoms with Gasteiger partial charge in [0.25, 0.3) is 10.0 Å². The Labute approximate surface area is 148 Å². The number of nitrogens with one attached hydrogen (secondary N) is 1. The second-order valence-electron chi connectivity index (χ2n) is 5.01. The molecule has 1 N–H and O–H groups in total. The second kappa shape index (κ2) is 6.73. The molecule has 9 heteroatoms. The molecule has 25 heavy (non-hydrogen) atoms. The highest BCUT2D eigenvalue weighted by atomic mass is 35.5. The first kappa shape index (κ1) is 17.2. The highest BCUT2D eigenvalue weighted by Crippen LogP contribution is 2.27. The van der Waals surface area contributed by atoms with E-state index < -0.39 is 15.8 Å². The van der Waals surface area contributed by atoms with Crippen LogP contribution < -0.4 is 9.46 Å². The summed E-state index contributed by atoms with van der Waals surface area (Å²) in [7, 11) is -2.72. The van der Waals surface area contributed by atoms with Gasteiger partial charge in [0.1, 0.15) is 0 Å². The van der Waals surface area contributed by atoms with Crippen molar-refractivity contribution in [1.82, 2.24) is 9.78 Å². The van der Waals surface area contributed by atoms with Gasteiger partial charge in [0.2, 0.25) is 0 Å². The lowest BCUT2D eigenvalue weighted by Crippen LogP contribution is -2.15. The Balaban J connectivity index is 2.01. The van der Waals surface area contributed by atoms with Gasteiger partial charge in [0, 0.05) is 17.4 Å². The van der Waals surface area contributed by atoms with E-state index in [1.807, 2.05) is 0 Å². The fourth-order valence-corrected chi connectivity index (χ4v) is 3.46. The van der Waals surface area contributed by atoms with Crippen LogP contribution in [0.15, 0.2) is 59.8 Å². The molecule has 3 aromatic rings. The maximum atomic E-state index is 13.8. The topological polar surface area (TPSA) is 73.2 Å². The van der Waals surface area contributed by atoms with Crippen LogP contribution >= 0.6 is 11.6 Å². The first-order chi connectivity index (χ1) is 11.9. The molecule has 0 aliphatic rings. The van der Waals surface area contributed by atoms with Crippen LogP contribution in [0, 0.1) is 5.82 Å². The fraction of sp³-hybridized carbons (Fsp3) is 0.0625. The van der Waals surface area contributed by atoms with Crippen molar-refractivity contribution in [3.05, 3.63) is 65.7 Å². The number of hydrogen-bond acceptors (Lipinski definition) is 4. The molecule has 0 bridgehead atoms. The van der Waals surface area contributed by atoms with Gasteiger partial charge in [-0.2, -0.15) is 5.10 Å². The van der Waals surface area contributed by atoms with E-state index in [1.54, 1.807) is 30.6 Å². The molecule has 2 aromatic carbocycles. The SMILES string of the molecule is COc1ccc(S(=O)(=O)Nc2ccc(Cl)cc2-n2cccn2)cc1F. The molecule has 0 unspecified atom stereocenters. The Morgan fingerprint density at radius 1 is 1.24 bits per heavy atom. The van der Waals surface area contributed by atoms with E-state index in [-0.39, 0.29) is 16.3 Å². The molecule has 130 valence electrons. The number of nitrogens with zero attached hydrogens (tertiary/aromatic N) is 2. The van der Waals surface area contributed by atoms with Crippen molar-refractivity contribution in [2.24, 2.45) is 0 Å². The fourth-order valence-electron chi connectivity index (χ4n) is 2.21. The summed E-state index contributed by atoms with van der Waals surface area (Å²) in [5.41, 5.74) is 0.694. The molecule has 1 aromatic heterocycles. The Morgan fingerprint density at radius 3 is 2.68 bits per heavy atom. The molecule has 3 rings (SSSR count). The third-order valence-corrected chi connectivity index (χ3v) is 4.99. The van der Waals surface area contributed by atoms with Gasteiger partial charge in [-0.15, -0.1) is 0 Å². The molecular formula is C16H13ClFN3O3S. The molecule has 0 aliphatic heterocycles. The summed E-state index contributed by atoms with van der Waals surface area (Å²) in [5.74, 6) is -0.809. The van der Waals surface area contributed by atoms with Gasteiger partial charge in [-0.05, 0) is 42.5 Å². The first-order valence-corrected chi connectivity index (χ1v) is 8.93. The standard InChI is InChI=1S/C16H13ClFN3O3S/c1-24-16-6-4-12(10-13(16)18)25(22,23)20-14-5-3-11(17)9-15(14)21-8-2-7-19-21/h2-10,20H,1H3. The predicted molar refractivity (Wildman–Crippen MR) is 92.3 cm³/mol. The molecule has 1 heterocycles. The number of sulfonamides is 1. The van der Waals surface area contributed by atoms with E-state index in [2.05, 4.69) is 9.82 Å². The maximum Gasteiger partial charge on any atom is 0.262 e. The lowest BCUT2D eigenvalue weighted by Gasteiger charge is -2.13. The molecule has 0 saturated carbocycles. The first-order valence-electron chi connectivity index (χ1n) is 7.06. The number of benzene rings is 2. The smallest absolute Gasteiger partial charge is 0.262 e. The van der Waals surface area contributed by atoms with Gasteiger partial charge in [-0.1, -0.05) is 11.6 Å². The van der Waals surface area contributed by atoms with Gasteiger partial charge in [-0.25, -0.2) is 17.5 Å². The summed E-state index contributed by atoms with van der Waals surface area (Å²) in [6.07, 6.45) is 3.20. The minimum Gasteiger partial charge on any atom is -0.494 e. The summed E-state index contributed by atoms with van der Waals surface area (Å²) in [4.78, 5) is -0.229. The van der Waals surface area contributed by atoms with Crippen molar-refractivity contribution in [2.75, 3.05) is 11.8 Å². The van der Waals surface area contributed by atoms with Crippen LogP contribution in [0.3, 0.4) is 0 Å². The van der Waals surface area contributed by atoms with Crippen molar-refractivity contribution in [2.45, 2.75) is 4.90 Å². The molecule has 6 nitrogen and oxygen atoms in total. The lowest BCUT2D eigenvalue weighted by atomic mass is 10.3. The number of halogens is 2. The number of anilines is 1. The number of ether oxygens (including phenoxy) is 1. The van der Waals surface area contributed by atoms with Crippen LogP contribution in [-0.2, 0) is 10.0 Å². The minimum atomic E-state index is -4.02. The van der Waals surface area contributed by atoms with Gasteiger partial charge in [0.15, 0.2) is 11.6 Å². The van der Waals surface area contributed by atoms with E-state index in [0.29, 0.717) is 10.7 Å². The Bertz CT molecular complexity index is 1010. The largest absolute Gasteiger partial charge is 0.494 e. The maximum absolute atomic E-state index is 13.8. The third-order valence-electron chi connectivity index (χ3n) is 3.39. The summed E-state index contributed by atoms with van der Waals surface area (Å²) in [5, 5.41) is 4.49. The van der Waals surface area contributed by atoms with Crippen molar-refractivity contribution in [3.8, 4) is 11.4 Å². The van der Waals surface area contributed by atoms with Crippen LogP contribution in [0.4, 0.5) is 10.1 Å². The van der Waals surface area contributed by atoms with Crippen LogP contribution in [-0.4, -0.2) is 25.3 Å². The normalized spacial score (nSPS) is 11.3. The third kappa shape index (κ3) is 3.59. The molecular weight excluding hydrogens is 369 g/mol. The Hall–Kier alpha value is -2.58.